The minimum absolute atomic E-state index is 0.0957. The predicted molar refractivity (Wildman–Crippen MR) is 110 cm³/mol. The van der Waals surface area contributed by atoms with Crippen molar-refractivity contribution in [1.82, 2.24) is 0 Å². The number of hydrogen-bond acceptors (Lipinski definition) is 4. The topological polar surface area (TPSA) is 98.0 Å². The number of fused-ring (bicyclic) bond motifs is 5. The van der Waals surface area contributed by atoms with E-state index in [1.54, 1.807) is 0 Å². The third kappa shape index (κ3) is 3.27. The molecule has 29 heavy (non-hydrogen) atoms. The van der Waals surface area contributed by atoms with Crippen LogP contribution in [0.5, 0.6) is 0 Å². The van der Waals surface area contributed by atoms with Gasteiger partial charge in [0.15, 0.2) is 0 Å². The second-order valence-corrected chi connectivity index (χ2v) is 11.4. The van der Waals surface area contributed by atoms with Gasteiger partial charge in [0.25, 0.3) is 0 Å². The van der Waals surface area contributed by atoms with Gasteiger partial charge < -0.3 is 20.4 Å². The van der Waals surface area contributed by atoms with E-state index in [4.69, 9.17) is 5.11 Å². The number of aliphatic carboxylic acids is 1. The second kappa shape index (κ2) is 7.49. The molecule has 5 nitrogen and oxygen atoms in total. The molecule has 0 amide bonds. The zero-order valence-electron chi connectivity index (χ0n) is 18.3. The highest BCUT2D eigenvalue weighted by Crippen LogP contribution is 2.68. The van der Waals surface area contributed by atoms with Gasteiger partial charge in [-0.3, -0.25) is 4.79 Å². The van der Waals surface area contributed by atoms with Crippen LogP contribution in [0.3, 0.4) is 0 Å². The molecular weight excluding hydrogens is 368 g/mol. The highest BCUT2D eigenvalue weighted by Gasteiger charge is 2.65. The van der Waals surface area contributed by atoms with Gasteiger partial charge in [-0.25, -0.2) is 0 Å². The molecule has 0 aromatic carbocycles. The minimum atomic E-state index is -0.748. The summed E-state index contributed by atoms with van der Waals surface area (Å²) in [5.41, 5.74) is -0.143. The smallest absolute Gasteiger partial charge is 0.303 e. The molecule has 4 fully saturated rings. The van der Waals surface area contributed by atoms with E-state index in [-0.39, 0.29) is 41.3 Å². The highest BCUT2D eigenvalue weighted by atomic mass is 16.4. The Kier molecular flexibility index (Phi) is 5.57. The molecule has 5 unspecified atom stereocenters. The number of hydrogen-bond donors (Lipinski definition) is 4. The van der Waals surface area contributed by atoms with E-state index in [1.165, 1.54) is 0 Å². The fourth-order valence-electron chi connectivity index (χ4n) is 8.68. The standard InChI is InChI=1S/C24H40O5/c1-13(4-7-21(28)29)16-5-6-17-22-18(12-20(27)24(16,17)3)23(2)9-8-15(25)10-14(23)11-19(22)26/h13-20,22,25-27H,4-12H2,1-3H3,(H,28,29)/t13-,14?,15-,16-,17?,18?,19?,20+,22?,23+,24-/m1/s1. The molecule has 0 saturated heterocycles. The van der Waals surface area contributed by atoms with Crippen LogP contribution >= 0.6 is 0 Å². The van der Waals surface area contributed by atoms with Gasteiger partial charge in [-0.05, 0) is 97.7 Å². The summed E-state index contributed by atoms with van der Waals surface area (Å²) in [6.07, 6.45) is 6.00. The first kappa shape index (κ1) is 21.6. The maximum absolute atomic E-state index is 11.5. The molecule has 166 valence electrons. The van der Waals surface area contributed by atoms with Crippen molar-refractivity contribution in [3.05, 3.63) is 0 Å². The first-order chi connectivity index (χ1) is 13.6. The van der Waals surface area contributed by atoms with Gasteiger partial charge in [0, 0.05) is 6.42 Å². The highest BCUT2D eigenvalue weighted by molar-refractivity contribution is 5.66. The van der Waals surface area contributed by atoms with Gasteiger partial charge in [-0.2, -0.15) is 0 Å². The van der Waals surface area contributed by atoms with Crippen molar-refractivity contribution in [2.75, 3.05) is 0 Å². The van der Waals surface area contributed by atoms with E-state index in [9.17, 15) is 20.1 Å². The summed E-state index contributed by atoms with van der Waals surface area (Å²) in [5, 5.41) is 42.0. The van der Waals surface area contributed by atoms with Crippen LogP contribution in [0.25, 0.3) is 0 Å². The Balaban J connectivity index is 1.61. The number of carboxylic acids is 1. The summed E-state index contributed by atoms with van der Waals surface area (Å²) >= 11 is 0. The largest absolute Gasteiger partial charge is 0.481 e. The zero-order valence-corrected chi connectivity index (χ0v) is 18.3. The van der Waals surface area contributed by atoms with Gasteiger partial charge >= 0.3 is 5.97 Å². The van der Waals surface area contributed by atoms with E-state index in [2.05, 4.69) is 20.8 Å². The van der Waals surface area contributed by atoms with E-state index in [1.807, 2.05) is 0 Å². The summed E-state index contributed by atoms with van der Waals surface area (Å²) in [5.74, 6) is 0.997. The molecule has 0 spiro atoms. The van der Waals surface area contributed by atoms with Crippen LogP contribution in [0.1, 0.15) is 78.6 Å². The Morgan fingerprint density at radius 2 is 1.76 bits per heavy atom. The lowest BCUT2D eigenvalue weighted by atomic mass is 9.43. The predicted octanol–water partition coefficient (Wildman–Crippen LogP) is 3.45. The third-order valence-corrected chi connectivity index (χ3v) is 10.3. The van der Waals surface area contributed by atoms with Gasteiger partial charge in [-0.15, -0.1) is 0 Å². The van der Waals surface area contributed by atoms with Crippen LogP contribution in [0, 0.1) is 46.3 Å². The van der Waals surface area contributed by atoms with Crippen molar-refractivity contribution in [2.24, 2.45) is 46.3 Å². The second-order valence-electron chi connectivity index (χ2n) is 11.4. The molecule has 0 aliphatic heterocycles. The van der Waals surface area contributed by atoms with Crippen molar-refractivity contribution in [1.29, 1.82) is 0 Å². The van der Waals surface area contributed by atoms with E-state index < -0.39 is 12.1 Å². The van der Waals surface area contributed by atoms with Gasteiger partial charge in [-0.1, -0.05) is 20.8 Å². The molecule has 0 aromatic heterocycles. The molecule has 0 aromatic rings. The van der Waals surface area contributed by atoms with E-state index in [0.717, 1.165) is 44.9 Å². The molecule has 4 saturated carbocycles. The first-order valence-electron chi connectivity index (χ1n) is 11.8. The number of rotatable bonds is 4. The molecular formula is C24H40O5. The third-order valence-electron chi connectivity index (χ3n) is 10.3. The normalized spacial score (nSPS) is 52.9. The maximum Gasteiger partial charge on any atom is 0.303 e. The molecule has 0 bridgehead atoms. The van der Waals surface area contributed by atoms with E-state index >= 15 is 0 Å². The Labute approximate surface area is 174 Å². The number of carboxylic acid groups (broad SMARTS) is 1. The van der Waals surface area contributed by atoms with Crippen molar-refractivity contribution >= 4 is 5.97 Å². The van der Waals surface area contributed by atoms with Gasteiger partial charge in [0.1, 0.15) is 0 Å². The molecule has 0 heterocycles. The minimum Gasteiger partial charge on any atom is -0.481 e. The molecule has 4 N–H and O–H groups in total. The van der Waals surface area contributed by atoms with Crippen LogP contribution in [0.4, 0.5) is 0 Å². The Bertz CT molecular complexity index is 637. The molecule has 4 rings (SSSR count). The molecule has 0 radical (unpaired) electrons. The summed E-state index contributed by atoms with van der Waals surface area (Å²) < 4.78 is 0. The van der Waals surface area contributed by atoms with Gasteiger partial charge in [0.2, 0.25) is 0 Å². The average Bonchev–Trinajstić information content (AvgIpc) is 3.01. The van der Waals surface area contributed by atoms with Gasteiger partial charge in [0.05, 0.1) is 18.3 Å². The SMILES string of the molecule is C[C@H](CCC(=O)O)[C@H]1CCC2C3C(O)CC4C[C@H](O)CC[C@]4(C)C3C[C@H](O)[C@@]21C. The zero-order chi connectivity index (χ0) is 21.1. The average molecular weight is 409 g/mol. The van der Waals surface area contributed by atoms with Crippen molar-refractivity contribution < 1.29 is 25.2 Å². The summed E-state index contributed by atoms with van der Waals surface area (Å²) in [6.45, 7) is 6.72. The van der Waals surface area contributed by atoms with Crippen LogP contribution < -0.4 is 0 Å². The summed E-state index contributed by atoms with van der Waals surface area (Å²) in [4.78, 5) is 11.1. The van der Waals surface area contributed by atoms with Crippen molar-refractivity contribution in [3.8, 4) is 0 Å². The molecule has 4 aliphatic rings. The monoisotopic (exact) mass is 408 g/mol. The van der Waals surface area contributed by atoms with Crippen molar-refractivity contribution in [2.45, 2.75) is 96.9 Å². The fourth-order valence-corrected chi connectivity index (χ4v) is 8.68. The van der Waals surface area contributed by atoms with E-state index in [0.29, 0.717) is 30.1 Å². The number of aliphatic hydroxyl groups excluding tert-OH is 3. The Morgan fingerprint density at radius 1 is 1.03 bits per heavy atom. The lowest BCUT2D eigenvalue weighted by Gasteiger charge is -2.63. The van der Waals surface area contributed by atoms with Crippen LogP contribution in [-0.4, -0.2) is 44.7 Å². The molecule has 11 atom stereocenters. The number of carbonyl (C=O) groups is 1. The Hall–Kier alpha value is -0.650. The van der Waals surface area contributed by atoms with Crippen LogP contribution in [0.2, 0.25) is 0 Å². The lowest BCUT2D eigenvalue weighted by molar-refractivity contribution is -0.207. The van der Waals surface area contributed by atoms with Crippen molar-refractivity contribution in [3.63, 3.8) is 0 Å². The summed E-state index contributed by atoms with van der Waals surface area (Å²) in [6, 6.07) is 0. The number of aliphatic hydroxyl groups is 3. The molecule has 5 heteroatoms. The lowest BCUT2D eigenvalue weighted by Crippen LogP contribution is -2.62. The molecule has 4 aliphatic carbocycles. The van der Waals surface area contributed by atoms with Crippen LogP contribution in [0.15, 0.2) is 0 Å². The van der Waals surface area contributed by atoms with Crippen LogP contribution in [-0.2, 0) is 4.79 Å². The maximum atomic E-state index is 11.5. The summed E-state index contributed by atoms with van der Waals surface area (Å²) in [7, 11) is 0. The Morgan fingerprint density at radius 3 is 2.45 bits per heavy atom. The fraction of sp³-hybridized carbons (Fsp3) is 0.958. The quantitative estimate of drug-likeness (QED) is 0.571. The first-order valence-corrected chi connectivity index (χ1v) is 11.8.